The number of thioether (sulfide) groups is 1. The van der Waals surface area contributed by atoms with Crippen LogP contribution in [0.25, 0.3) is 0 Å². The Morgan fingerprint density at radius 1 is 1.12 bits per heavy atom. The normalized spacial score (nSPS) is 10.5. The maximum atomic E-state index is 12.0. The van der Waals surface area contributed by atoms with E-state index in [2.05, 4.69) is 5.32 Å². The molecule has 126 valence electrons. The first-order chi connectivity index (χ1) is 11.4. The average molecular weight is 406 g/mol. The van der Waals surface area contributed by atoms with Crippen molar-refractivity contribution < 1.29 is 9.72 Å². The van der Waals surface area contributed by atoms with Gasteiger partial charge in [-0.1, -0.05) is 46.9 Å². The summed E-state index contributed by atoms with van der Waals surface area (Å²) < 4.78 is 0. The number of nitrogens with zero attached hydrogens (tertiary/aromatic N) is 1. The third-order valence-electron chi connectivity index (χ3n) is 2.91. The van der Waals surface area contributed by atoms with Crippen LogP contribution in [0.3, 0.4) is 0 Å². The molecular weight excluding hydrogens is 395 g/mol. The number of benzene rings is 2. The van der Waals surface area contributed by atoms with Gasteiger partial charge in [-0.3, -0.25) is 14.9 Å². The summed E-state index contributed by atoms with van der Waals surface area (Å²) in [5.41, 5.74) is 1.18. The maximum Gasteiger partial charge on any atom is 0.269 e. The predicted molar refractivity (Wildman–Crippen MR) is 99.4 cm³/mol. The number of nitro benzene ring substituents is 1. The smallest absolute Gasteiger partial charge is 0.269 e. The molecule has 0 saturated carbocycles. The minimum absolute atomic E-state index is 0.0279. The van der Waals surface area contributed by atoms with Gasteiger partial charge in [0.1, 0.15) is 0 Å². The summed E-state index contributed by atoms with van der Waals surface area (Å²) in [6.07, 6.45) is 0. The number of nitro groups is 1. The molecule has 9 heteroatoms. The summed E-state index contributed by atoms with van der Waals surface area (Å²) in [5.74, 6) is 0.384. The summed E-state index contributed by atoms with van der Waals surface area (Å²) in [6, 6.07) is 9.23. The molecule has 0 aliphatic carbocycles. The minimum Gasteiger partial charge on any atom is -0.324 e. The van der Waals surface area contributed by atoms with Crippen molar-refractivity contribution in [2.24, 2.45) is 0 Å². The molecule has 0 fully saturated rings. The molecule has 0 aliphatic heterocycles. The van der Waals surface area contributed by atoms with Gasteiger partial charge in [0.05, 0.1) is 31.4 Å². The van der Waals surface area contributed by atoms with Crippen LogP contribution in [-0.4, -0.2) is 16.6 Å². The highest BCUT2D eigenvalue weighted by Crippen LogP contribution is 2.32. The zero-order valence-electron chi connectivity index (χ0n) is 12.1. The van der Waals surface area contributed by atoms with E-state index in [1.165, 1.54) is 36.0 Å². The van der Waals surface area contributed by atoms with Crippen molar-refractivity contribution in [3.63, 3.8) is 0 Å². The minimum atomic E-state index is -0.451. The molecule has 2 aromatic rings. The Bertz CT molecular complexity index is 787. The van der Waals surface area contributed by atoms with E-state index in [9.17, 15) is 14.9 Å². The lowest BCUT2D eigenvalue weighted by Gasteiger charge is -2.08. The highest BCUT2D eigenvalue weighted by Gasteiger charge is 2.10. The van der Waals surface area contributed by atoms with E-state index in [1.54, 1.807) is 12.1 Å². The van der Waals surface area contributed by atoms with Crippen molar-refractivity contribution >= 4 is 63.8 Å². The maximum absolute atomic E-state index is 12.0. The van der Waals surface area contributed by atoms with Crippen molar-refractivity contribution in [1.29, 1.82) is 0 Å². The van der Waals surface area contributed by atoms with Crippen LogP contribution in [0, 0.1) is 10.1 Å². The molecule has 5 nitrogen and oxygen atoms in total. The lowest BCUT2D eigenvalue weighted by molar-refractivity contribution is -0.384. The molecule has 0 atom stereocenters. The molecule has 2 rings (SSSR count). The second-order valence-electron chi connectivity index (χ2n) is 4.71. The molecular formula is C15H11Cl3N2O3S. The van der Waals surface area contributed by atoms with E-state index in [-0.39, 0.29) is 17.3 Å². The third kappa shape index (κ3) is 5.27. The number of nitrogens with one attached hydrogen (secondary N) is 1. The Balaban J connectivity index is 1.89. The van der Waals surface area contributed by atoms with E-state index in [4.69, 9.17) is 34.8 Å². The summed E-state index contributed by atoms with van der Waals surface area (Å²) in [6.45, 7) is 0. The van der Waals surface area contributed by atoms with E-state index in [0.717, 1.165) is 5.56 Å². The van der Waals surface area contributed by atoms with Gasteiger partial charge in [0.15, 0.2) is 0 Å². The highest BCUT2D eigenvalue weighted by atomic mass is 35.5. The quantitative estimate of drug-likeness (QED) is 0.395. The molecule has 0 unspecified atom stereocenters. The van der Waals surface area contributed by atoms with Gasteiger partial charge in [-0.25, -0.2) is 0 Å². The van der Waals surface area contributed by atoms with Crippen LogP contribution in [0.1, 0.15) is 5.56 Å². The summed E-state index contributed by atoms with van der Waals surface area (Å²) >= 11 is 19.0. The van der Waals surface area contributed by atoms with Crippen LogP contribution in [0.15, 0.2) is 36.4 Å². The number of carbonyl (C=O) groups is 1. The van der Waals surface area contributed by atoms with Gasteiger partial charge in [0, 0.05) is 17.9 Å². The molecule has 2 aromatic carbocycles. The SMILES string of the molecule is O=C(CSCc1cccc([N+](=O)[O-])c1)Nc1cc(Cl)c(Cl)cc1Cl. The van der Waals surface area contributed by atoms with Crippen molar-refractivity contribution in [3.8, 4) is 0 Å². The molecule has 1 amide bonds. The summed E-state index contributed by atoms with van der Waals surface area (Å²) in [7, 11) is 0. The zero-order chi connectivity index (χ0) is 17.7. The molecule has 0 radical (unpaired) electrons. The predicted octanol–water partition coefficient (Wildman–Crippen LogP) is 5.43. The van der Waals surface area contributed by atoms with E-state index < -0.39 is 4.92 Å². The van der Waals surface area contributed by atoms with E-state index in [0.29, 0.717) is 26.5 Å². The summed E-state index contributed by atoms with van der Waals surface area (Å²) in [4.78, 5) is 22.2. The second kappa shape index (κ2) is 8.58. The Labute approximate surface area is 157 Å². The lowest BCUT2D eigenvalue weighted by Crippen LogP contribution is -2.14. The van der Waals surface area contributed by atoms with Crippen molar-refractivity contribution in [1.82, 2.24) is 0 Å². The van der Waals surface area contributed by atoms with Crippen molar-refractivity contribution in [3.05, 3.63) is 67.1 Å². The molecule has 0 aliphatic rings. The van der Waals surface area contributed by atoms with Gasteiger partial charge in [0.2, 0.25) is 5.91 Å². The third-order valence-corrected chi connectivity index (χ3v) is 4.95. The molecule has 24 heavy (non-hydrogen) atoms. The van der Waals surface area contributed by atoms with Gasteiger partial charge >= 0.3 is 0 Å². The van der Waals surface area contributed by atoms with Gasteiger partial charge < -0.3 is 5.32 Å². The molecule has 0 bridgehead atoms. The number of anilines is 1. The Hall–Kier alpha value is -1.47. The number of rotatable bonds is 6. The fraction of sp³-hybridized carbons (Fsp3) is 0.133. The topological polar surface area (TPSA) is 72.2 Å². The number of carbonyl (C=O) groups excluding carboxylic acids is 1. The highest BCUT2D eigenvalue weighted by molar-refractivity contribution is 7.99. The zero-order valence-corrected chi connectivity index (χ0v) is 15.2. The van der Waals surface area contributed by atoms with E-state index in [1.807, 2.05) is 0 Å². The second-order valence-corrected chi connectivity index (χ2v) is 6.92. The van der Waals surface area contributed by atoms with E-state index >= 15 is 0 Å². The molecule has 0 saturated heterocycles. The molecule has 0 heterocycles. The number of hydrogen-bond donors (Lipinski definition) is 1. The van der Waals surface area contributed by atoms with Crippen LogP contribution in [0.5, 0.6) is 0 Å². The number of non-ortho nitro benzene ring substituents is 1. The van der Waals surface area contributed by atoms with Crippen LogP contribution in [-0.2, 0) is 10.5 Å². The standard InChI is InChI=1S/C15H11Cl3N2O3S/c16-11-5-13(18)14(6-12(11)17)19-15(21)8-24-7-9-2-1-3-10(4-9)20(22)23/h1-6H,7-8H2,(H,19,21). The fourth-order valence-electron chi connectivity index (χ4n) is 1.83. The van der Waals surface area contributed by atoms with Gasteiger partial charge in [-0.05, 0) is 17.7 Å². The number of halogens is 3. The fourth-order valence-corrected chi connectivity index (χ4v) is 3.20. The Kier molecular flexibility index (Phi) is 6.74. The Morgan fingerprint density at radius 3 is 2.54 bits per heavy atom. The van der Waals surface area contributed by atoms with Crippen LogP contribution in [0.4, 0.5) is 11.4 Å². The Morgan fingerprint density at radius 2 is 1.83 bits per heavy atom. The first-order valence-corrected chi connectivity index (χ1v) is 8.91. The van der Waals surface area contributed by atoms with Gasteiger partial charge in [-0.15, -0.1) is 11.8 Å². The lowest BCUT2D eigenvalue weighted by atomic mass is 10.2. The summed E-state index contributed by atoms with van der Waals surface area (Å²) in [5, 5.41) is 14.3. The first kappa shape index (κ1) is 18.9. The molecule has 0 aromatic heterocycles. The monoisotopic (exact) mass is 404 g/mol. The van der Waals surface area contributed by atoms with Crippen LogP contribution >= 0.6 is 46.6 Å². The van der Waals surface area contributed by atoms with Crippen LogP contribution < -0.4 is 5.32 Å². The molecule has 1 N–H and O–H groups in total. The molecule has 0 spiro atoms. The van der Waals surface area contributed by atoms with Crippen molar-refractivity contribution in [2.45, 2.75) is 5.75 Å². The van der Waals surface area contributed by atoms with Gasteiger partial charge in [0.25, 0.3) is 5.69 Å². The van der Waals surface area contributed by atoms with Gasteiger partial charge in [-0.2, -0.15) is 0 Å². The number of hydrogen-bond acceptors (Lipinski definition) is 4. The largest absolute Gasteiger partial charge is 0.324 e. The van der Waals surface area contributed by atoms with Crippen molar-refractivity contribution in [2.75, 3.05) is 11.1 Å². The van der Waals surface area contributed by atoms with Crippen LogP contribution in [0.2, 0.25) is 15.1 Å². The average Bonchev–Trinajstić information content (AvgIpc) is 2.53. The first-order valence-electron chi connectivity index (χ1n) is 6.62. The number of amides is 1.